The third kappa shape index (κ3) is 6.59. The maximum atomic E-state index is 10.7. The predicted molar refractivity (Wildman–Crippen MR) is 178 cm³/mol. The highest BCUT2D eigenvalue weighted by molar-refractivity contribution is 7.30. The molecule has 0 saturated carbocycles. The Morgan fingerprint density at radius 1 is 0.805 bits per heavy atom. The summed E-state index contributed by atoms with van der Waals surface area (Å²) < 4.78 is 21.6. The fourth-order valence-electron chi connectivity index (χ4n) is 5.87. The van der Waals surface area contributed by atoms with Crippen LogP contribution in [0, 0.1) is 0 Å². The van der Waals surface area contributed by atoms with Gasteiger partial charge in [0, 0.05) is 24.7 Å². The fourth-order valence-corrected chi connectivity index (χ4v) is 8.36. The highest BCUT2D eigenvalue weighted by atomic mass is 32.1. The van der Waals surface area contributed by atoms with Gasteiger partial charge in [0.1, 0.15) is 0 Å². The normalized spacial score (nSPS) is 19.0. The number of aliphatic hydroxyl groups is 1. The molecule has 0 amide bonds. The zero-order valence-electron chi connectivity index (χ0n) is 27.4. The molecule has 0 spiro atoms. The highest BCUT2D eigenvalue weighted by Gasteiger charge is 2.54. The van der Waals surface area contributed by atoms with Gasteiger partial charge in [-0.1, -0.05) is 71.3 Å². The average molecular weight is 600 g/mol. The van der Waals surface area contributed by atoms with Crippen LogP contribution in [0.5, 0.6) is 0 Å². The molecule has 1 N–H and O–H groups in total. The van der Waals surface area contributed by atoms with Gasteiger partial charge in [-0.05, 0) is 85.4 Å². The molecule has 2 aromatic heterocycles. The van der Waals surface area contributed by atoms with Crippen molar-refractivity contribution >= 4 is 46.8 Å². The van der Waals surface area contributed by atoms with Crippen molar-refractivity contribution < 1.29 is 19.1 Å². The van der Waals surface area contributed by atoms with Crippen LogP contribution in [0.1, 0.15) is 145 Å². The van der Waals surface area contributed by atoms with Gasteiger partial charge in [-0.25, -0.2) is 0 Å². The van der Waals surface area contributed by atoms with Crippen molar-refractivity contribution in [3.05, 3.63) is 23.3 Å². The molecule has 8 heteroatoms. The zero-order chi connectivity index (χ0) is 30.3. The summed E-state index contributed by atoms with van der Waals surface area (Å²) in [5.41, 5.74) is 0.619. The molecule has 3 heterocycles. The van der Waals surface area contributed by atoms with Gasteiger partial charge >= 0.3 is 14.6 Å². The van der Waals surface area contributed by atoms with Gasteiger partial charge in [-0.2, -0.15) is 0 Å². The Morgan fingerprint density at radius 2 is 1.32 bits per heavy atom. The molecule has 2 aromatic rings. The first-order chi connectivity index (χ1) is 19.1. The molecule has 0 atom stereocenters. The Labute approximate surface area is 259 Å². The molecule has 1 fully saturated rings. The fraction of sp³-hybridized carbons (Fsp3) is 0.758. The summed E-state index contributed by atoms with van der Waals surface area (Å²) in [6.07, 6.45) is 12.4. The van der Waals surface area contributed by atoms with E-state index in [-0.39, 0.29) is 23.7 Å². The van der Waals surface area contributed by atoms with Crippen molar-refractivity contribution in [3.8, 4) is 9.75 Å². The second kappa shape index (κ2) is 12.4. The van der Waals surface area contributed by atoms with Crippen LogP contribution in [0.15, 0.2) is 12.1 Å². The minimum absolute atomic E-state index is 0.0128. The van der Waals surface area contributed by atoms with Crippen LogP contribution < -0.4 is 9.55 Å². The molecule has 2 aliphatic rings. The van der Waals surface area contributed by atoms with E-state index in [9.17, 15) is 5.11 Å². The standard InChI is InChI=1S/C33H53B2O4S2/c1-11-13-15-17-19-33(20-18-16-14-12-2)23-21-25(34-37-30(5,6)29(3,4)36)40-27(23)28-24(33)22-26(41-28)35-38-31(7,8)32(9,10)39-35/h21-22,36H,11-20H2,1-10H3. The topological polar surface area (TPSA) is 47.9 Å². The van der Waals surface area contributed by atoms with Crippen molar-refractivity contribution in [1.82, 2.24) is 0 Å². The van der Waals surface area contributed by atoms with E-state index in [1.807, 2.05) is 57.9 Å². The minimum Gasteiger partial charge on any atom is -0.426 e. The third-order valence-corrected chi connectivity index (χ3v) is 12.5. The number of hydrogen-bond donors (Lipinski definition) is 1. The van der Waals surface area contributed by atoms with Crippen molar-refractivity contribution in [2.45, 2.75) is 161 Å². The molecule has 227 valence electrons. The van der Waals surface area contributed by atoms with Crippen molar-refractivity contribution in [2.75, 3.05) is 0 Å². The number of fused-ring (bicyclic) bond motifs is 3. The smallest absolute Gasteiger partial charge is 0.426 e. The van der Waals surface area contributed by atoms with Gasteiger partial charge < -0.3 is 19.1 Å². The summed E-state index contributed by atoms with van der Waals surface area (Å²) in [6.45, 7) is 20.6. The van der Waals surface area contributed by atoms with Gasteiger partial charge in [-0.3, -0.25) is 0 Å². The molecular weight excluding hydrogens is 546 g/mol. The lowest BCUT2D eigenvalue weighted by atomic mass is 9.70. The monoisotopic (exact) mass is 599 g/mol. The van der Waals surface area contributed by atoms with Crippen LogP contribution in [-0.2, 0) is 19.4 Å². The molecule has 4 nitrogen and oxygen atoms in total. The van der Waals surface area contributed by atoms with Gasteiger partial charge in [0.15, 0.2) is 0 Å². The molecule has 1 radical (unpaired) electrons. The summed E-state index contributed by atoms with van der Waals surface area (Å²) in [4.78, 5) is 2.77. The van der Waals surface area contributed by atoms with Crippen LogP contribution in [0.3, 0.4) is 0 Å². The number of thiophene rings is 2. The lowest BCUT2D eigenvalue weighted by Crippen LogP contribution is -2.49. The maximum absolute atomic E-state index is 10.7. The summed E-state index contributed by atoms with van der Waals surface area (Å²) >= 11 is 3.69. The van der Waals surface area contributed by atoms with E-state index in [0.717, 1.165) is 4.78 Å². The molecule has 4 rings (SSSR count). The molecule has 0 aromatic carbocycles. The van der Waals surface area contributed by atoms with E-state index in [1.54, 1.807) is 0 Å². The number of unbranched alkanes of at least 4 members (excludes halogenated alkanes) is 6. The van der Waals surface area contributed by atoms with E-state index in [4.69, 9.17) is 14.0 Å². The highest BCUT2D eigenvalue weighted by Crippen LogP contribution is 2.57. The summed E-state index contributed by atoms with van der Waals surface area (Å²) in [6, 6.07) is 4.83. The lowest BCUT2D eigenvalue weighted by molar-refractivity contribution is -0.0892. The van der Waals surface area contributed by atoms with Crippen molar-refractivity contribution in [3.63, 3.8) is 0 Å². The maximum Gasteiger partial charge on any atom is 0.505 e. The molecule has 0 unspecified atom stereocenters. The second-order valence-electron chi connectivity index (χ2n) is 14.4. The minimum atomic E-state index is -0.954. The Kier molecular flexibility index (Phi) is 10.1. The summed E-state index contributed by atoms with van der Waals surface area (Å²) in [7, 11) is 1.54. The Bertz CT molecular complexity index is 1150. The number of rotatable bonds is 15. The molecule has 1 aliphatic heterocycles. The summed E-state index contributed by atoms with van der Waals surface area (Å²) in [5, 5.41) is 10.7. The van der Waals surface area contributed by atoms with Crippen LogP contribution in [0.25, 0.3) is 9.75 Å². The van der Waals surface area contributed by atoms with E-state index < -0.39 is 11.2 Å². The molecular formula is C33H53B2O4S2. The summed E-state index contributed by atoms with van der Waals surface area (Å²) in [5.74, 6) is 0. The second-order valence-corrected chi connectivity index (χ2v) is 16.5. The van der Waals surface area contributed by atoms with Crippen LogP contribution in [0.2, 0.25) is 0 Å². The van der Waals surface area contributed by atoms with Crippen LogP contribution in [-0.4, -0.2) is 42.1 Å². The van der Waals surface area contributed by atoms with E-state index >= 15 is 0 Å². The van der Waals surface area contributed by atoms with Gasteiger partial charge in [0.25, 0.3) is 0 Å². The average Bonchev–Trinajstić information content (AvgIpc) is 3.59. The Hall–Kier alpha value is -0.630. The zero-order valence-corrected chi connectivity index (χ0v) is 29.0. The van der Waals surface area contributed by atoms with E-state index in [1.165, 1.54) is 89.9 Å². The largest absolute Gasteiger partial charge is 0.505 e. The molecule has 1 aliphatic carbocycles. The van der Waals surface area contributed by atoms with Gasteiger partial charge in [-0.15, -0.1) is 22.7 Å². The SMILES string of the molecule is CCCCCCC1(CCCCCC)c2cc([B]OC(C)(C)C(C)(C)O)sc2-c2sc(B3OC(C)(C)C(C)(C)O3)cc21. The molecule has 41 heavy (non-hydrogen) atoms. The Balaban J connectivity index is 1.74. The van der Waals surface area contributed by atoms with Crippen molar-refractivity contribution in [2.24, 2.45) is 0 Å². The first-order valence-electron chi connectivity index (χ1n) is 16.0. The van der Waals surface area contributed by atoms with Crippen LogP contribution in [0.4, 0.5) is 0 Å². The quantitative estimate of drug-likeness (QED) is 0.166. The molecule has 1 saturated heterocycles. The van der Waals surface area contributed by atoms with Crippen molar-refractivity contribution in [1.29, 1.82) is 0 Å². The van der Waals surface area contributed by atoms with E-state index in [0.29, 0.717) is 0 Å². The van der Waals surface area contributed by atoms with Gasteiger partial charge in [0.2, 0.25) is 0 Å². The van der Waals surface area contributed by atoms with Gasteiger partial charge in [0.05, 0.1) is 22.4 Å². The first-order valence-corrected chi connectivity index (χ1v) is 17.6. The number of hydrogen-bond acceptors (Lipinski definition) is 6. The third-order valence-electron chi connectivity index (χ3n) is 10.1. The lowest BCUT2D eigenvalue weighted by Gasteiger charge is -2.37. The van der Waals surface area contributed by atoms with E-state index in [2.05, 4.69) is 53.7 Å². The van der Waals surface area contributed by atoms with Crippen LogP contribution >= 0.6 is 22.7 Å². The first kappa shape index (κ1) is 33.3. The Morgan fingerprint density at radius 3 is 1.83 bits per heavy atom. The molecule has 0 bridgehead atoms. The predicted octanol–water partition coefficient (Wildman–Crippen LogP) is 8.13.